The Hall–Kier alpha value is -3.02. The van der Waals surface area contributed by atoms with Gasteiger partial charge in [-0.25, -0.2) is 0 Å². The lowest BCUT2D eigenvalue weighted by molar-refractivity contribution is -0.128. The third-order valence-corrected chi connectivity index (χ3v) is 4.02. The molecule has 2 aromatic carbocycles. The zero-order chi connectivity index (χ0) is 20.7. The monoisotopic (exact) mass is 384 g/mol. The smallest absolute Gasteiger partial charge is 0.279 e. The van der Waals surface area contributed by atoms with E-state index in [0.717, 1.165) is 11.1 Å². The van der Waals surface area contributed by atoms with Crippen molar-refractivity contribution in [3.8, 4) is 11.5 Å². The molecule has 0 aromatic heterocycles. The van der Waals surface area contributed by atoms with E-state index in [4.69, 9.17) is 9.47 Å². The van der Waals surface area contributed by atoms with Crippen molar-refractivity contribution in [1.82, 2.24) is 10.9 Å². The highest BCUT2D eigenvalue weighted by Gasteiger charge is 2.17. The molecule has 0 spiro atoms. The number of hydrogen-bond donors (Lipinski definition) is 2. The molecule has 1 atom stereocenters. The Morgan fingerprint density at radius 3 is 2.29 bits per heavy atom. The second kappa shape index (κ2) is 9.78. The van der Waals surface area contributed by atoms with E-state index in [1.54, 1.807) is 31.2 Å². The first-order valence-corrected chi connectivity index (χ1v) is 9.33. The minimum Gasteiger partial charge on any atom is -0.493 e. The van der Waals surface area contributed by atoms with Crippen LogP contribution in [0.5, 0.6) is 11.5 Å². The van der Waals surface area contributed by atoms with Gasteiger partial charge in [0.2, 0.25) is 0 Å². The lowest BCUT2D eigenvalue weighted by Gasteiger charge is -2.17. The zero-order valence-corrected chi connectivity index (χ0v) is 17.0. The van der Waals surface area contributed by atoms with Crippen molar-refractivity contribution in [2.45, 2.75) is 40.7 Å². The van der Waals surface area contributed by atoms with Gasteiger partial charge >= 0.3 is 0 Å². The first-order chi connectivity index (χ1) is 13.3. The van der Waals surface area contributed by atoms with Gasteiger partial charge in [-0.15, -0.1) is 0 Å². The average Bonchev–Trinajstić information content (AvgIpc) is 2.67. The van der Waals surface area contributed by atoms with Crippen LogP contribution in [0, 0.1) is 19.8 Å². The molecule has 6 nitrogen and oxygen atoms in total. The molecule has 2 N–H and O–H groups in total. The molecule has 0 saturated carbocycles. The maximum Gasteiger partial charge on any atom is 0.279 e. The number of nitrogens with one attached hydrogen (secondary N) is 2. The van der Waals surface area contributed by atoms with E-state index in [1.807, 2.05) is 32.0 Å². The summed E-state index contributed by atoms with van der Waals surface area (Å²) in [6.07, 6.45) is -0.757. The molecule has 0 radical (unpaired) electrons. The van der Waals surface area contributed by atoms with Gasteiger partial charge in [0.25, 0.3) is 11.8 Å². The molecule has 0 saturated heterocycles. The zero-order valence-electron chi connectivity index (χ0n) is 17.0. The van der Waals surface area contributed by atoms with Gasteiger partial charge in [-0.2, -0.15) is 0 Å². The van der Waals surface area contributed by atoms with Crippen LogP contribution < -0.4 is 20.3 Å². The number of carbonyl (C=O) groups excluding carboxylic acids is 2. The van der Waals surface area contributed by atoms with Crippen LogP contribution in [0.2, 0.25) is 0 Å². The minimum atomic E-state index is -0.757. The molecule has 2 aromatic rings. The minimum absolute atomic E-state index is 0.414. The van der Waals surface area contributed by atoms with Crippen molar-refractivity contribution in [2.24, 2.45) is 5.92 Å². The molecule has 28 heavy (non-hydrogen) atoms. The van der Waals surface area contributed by atoms with Crippen LogP contribution in [-0.2, 0) is 4.79 Å². The molecule has 150 valence electrons. The van der Waals surface area contributed by atoms with Gasteiger partial charge in [-0.05, 0) is 68.1 Å². The summed E-state index contributed by atoms with van der Waals surface area (Å²) in [5.41, 5.74) is 7.20. The van der Waals surface area contributed by atoms with Crippen molar-refractivity contribution >= 4 is 11.8 Å². The standard InChI is InChI=1S/C22H28N2O4/c1-14(2)13-27-19-10-8-18(9-11-19)22(26)24-23-21(25)17(5)28-20-12-15(3)6-7-16(20)4/h6-12,14,17H,13H2,1-5H3,(H,23,25)(H,24,26). The Kier molecular flexibility index (Phi) is 7.44. The Morgan fingerprint density at radius 2 is 1.64 bits per heavy atom. The number of benzene rings is 2. The lowest BCUT2D eigenvalue weighted by Crippen LogP contribution is -2.47. The van der Waals surface area contributed by atoms with E-state index < -0.39 is 17.9 Å². The third kappa shape index (κ3) is 6.30. The summed E-state index contributed by atoms with van der Waals surface area (Å²) in [6, 6.07) is 12.5. The first-order valence-electron chi connectivity index (χ1n) is 9.33. The fourth-order valence-corrected chi connectivity index (χ4v) is 2.34. The molecule has 1 unspecified atom stereocenters. The molecular formula is C22H28N2O4. The predicted octanol–water partition coefficient (Wildman–Crippen LogP) is 3.57. The van der Waals surface area contributed by atoms with Crippen molar-refractivity contribution < 1.29 is 19.1 Å². The van der Waals surface area contributed by atoms with Gasteiger partial charge in [0, 0.05) is 5.56 Å². The molecule has 2 rings (SSSR count). The van der Waals surface area contributed by atoms with E-state index in [2.05, 4.69) is 24.7 Å². The summed E-state index contributed by atoms with van der Waals surface area (Å²) in [5, 5.41) is 0. The van der Waals surface area contributed by atoms with Crippen molar-refractivity contribution in [1.29, 1.82) is 0 Å². The fourth-order valence-electron chi connectivity index (χ4n) is 2.34. The van der Waals surface area contributed by atoms with Gasteiger partial charge in [-0.3, -0.25) is 20.4 Å². The quantitative estimate of drug-likeness (QED) is 0.716. The lowest BCUT2D eigenvalue weighted by atomic mass is 10.1. The summed E-state index contributed by atoms with van der Waals surface area (Å²) in [5.74, 6) is 0.913. The van der Waals surface area contributed by atoms with E-state index >= 15 is 0 Å². The summed E-state index contributed by atoms with van der Waals surface area (Å²) >= 11 is 0. The SMILES string of the molecule is Cc1ccc(C)c(OC(C)C(=O)NNC(=O)c2ccc(OCC(C)C)cc2)c1. The maximum absolute atomic E-state index is 12.2. The molecule has 0 heterocycles. The Labute approximate surface area is 166 Å². The van der Waals surface area contributed by atoms with Gasteiger partial charge in [-0.1, -0.05) is 26.0 Å². The van der Waals surface area contributed by atoms with Gasteiger partial charge < -0.3 is 9.47 Å². The number of amides is 2. The second-order valence-electron chi connectivity index (χ2n) is 7.20. The summed E-state index contributed by atoms with van der Waals surface area (Å²) in [4.78, 5) is 24.4. The average molecular weight is 384 g/mol. The molecule has 0 aliphatic rings. The van der Waals surface area contributed by atoms with E-state index in [-0.39, 0.29) is 0 Å². The highest BCUT2D eigenvalue weighted by atomic mass is 16.5. The van der Waals surface area contributed by atoms with E-state index in [1.165, 1.54) is 0 Å². The largest absolute Gasteiger partial charge is 0.493 e. The molecule has 0 bridgehead atoms. The van der Waals surface area contributed by atoms with Crippen molar-refractivity contribution in [2.75, 3.05) is 6.61 Å². The first kappa shape index (κ1) is 21.3. The van der Waals surface area contributed by atoms with Crippen LogP contribution >= 0.6 is 0 Å². The summed E-state index contributed by atoms with van der Waals surface area (Å²) in [7, 11) is 0. The topological polar surface area (TPSA) is 76.7 Å². The Bertz CT molecular complexity index is 816. The number of rotatable bonds is 7. The van der Waals surface area contributed by atoms with Crippen LogP contribution in [-0.4, -0.2) is 24.5 Å². The van der Waals surface area contributed by atoms with Crippen LogP contribution in [0.25, 0.3) is 0 Å². The maximum atomic E-state index is 12.2. The molecule has 0 aliphatic carbocycles. The van der Waals surface area contributed by atoms with E-state index in [9.17, 15) is 9.59 Å². The number of aryl methyl sites for hydroxylation is 2. The highest BCUT2D eigenvalue weighted by molar-refractivity contribution is 5.95. The second-order valence-corrected chi connectivity index (χ2v) is 7.20. The predicted molar refractivity (Wildman–Crippen MR) is 108 cm³/mol. The Balaban J connectivity index is 1.85. The van der Waals surface area contributed by atoms with E-state index in [0.29, 0.717) is 29.6 Å². The fraction of sp³-hybridized carbons (Fsp3) is 0.364. The number of hydrogen-bond acceptors (Lipinski definition) is 4. The molecule has 0 fully saturated rings. The normalized spacial score (nSPS) is 11.6. The Morgan fingerprint density at radius 1 is 0.964 bits per heavy atom. The summed E-state index contributed by atoms with van der Waals surface area (Å²) in [6.45, 7) is 10.2. The van der Waals surface area contributed by atoms with Gasteiger partial charge in [0.15, 0.2) is 6.10 Å². The van der Waals surface area contributed by atoms with Crippen molar-refractivity contribution in [3.63, 3.8) is 0 Å². The van der Waals surface area contributed by atoms with Crippen molar-refractivity contribution in [3.05, 3.63) is 59.2 Å². The summed E-state index contributed by atoms with van der Waals surface area (Å²) < 4.78 is 11.3. The van der Waals surface area contributed by atoms with Crippen LogP contribution in [0.4, 0.5) is 0 Å². The third-order valence-electron chi connectivity index (χ3n) is 4.02. The number of ether oxygens (including phenoxy) is 2. The molecule has 2 amide bonds. The highest BCUT2D eigenvalue weighted by Crippen LogP contribution is 2.20. The molecule has 6 heteroatoms. The van der Waals surface area contributed by atoms with Gasteiger partial charge in [0.1, 0.15) is 11.5 Å². The van der Waals surface area contributed by atoms with Gasteiger partial charge in [0.05, 0.1) is 6.61 Å². The van der Waals surface area contributed by atoms with Crippen LogP contribution in [0.15, 0.2) is 42.5 Å². The number of carbonyl (C=O) groups is 2. The number of hydrazine groups is 1. The molecular weight excluding hydrogens is 356 g/mol. The van der Waals surface area contributed by atoms with Crippen LogP contribution in [0.3, 0.4) is 0 Å². The molecule has 0 aliphatic heterocycles. The van der Waals surface area contributed by atoms with Crippen LogP contribution in [0.1, 0.15) is 42.3 Å².